The number of methoxy groups -OCH3 is 1. The Bertz CT molecular complexity index is 1160. The second kappa shape index (κ2) is 8.81. The fraction of sp³-hybridized carbons (Fsp3) is 0.227. The van der Waals surface area contributed by atoms with Crippen LogP contribution in [0.25, 0.3) is 0 Å². The van der Waals surface area contributed by atoms with Gasteiger partial charge in [-0.2, -0.15) is 10.1 Å². The average Bonchev–Trinajstić information content (AvgIpc) is 3.22. The second-order valence-corrected chi connectivity index (χ2v) is 7.78. The first-order valence-electron chi connectivity index (χ1n) is 9.77. The molecular weight excluding hydrogens is 462 g/mol. The molecule has 0 saturated heterocycles. The third kappa shape index (κ3) is 4.00. The number of aromatic nitrogens is 3. The summed E-state index contributed by atoms with van der Waals surface area (Å²) in [6.07, 6.45) is 1.46. The van der Waals surface area contributed by atoms with Crippen LogP contribution in [0.15, 0.2) is 64.5 Å². The topological polar surface area (TPSA) is 90.3 Å². The molecule has 2 N–H and O–H groups in total. The zero-order chi connectivity index (χ0) is 22.0. The lowest BCUT2D eigenvalue weighted by molar-refractivity contribution is -0.113. The standard InChI is InChI=1S/C22H22BrN5O3/c1-4-31-18-8-6-5-7-16(18)27-21(29)19-13(2)26-22-24-12-25-28(22)20(19)15-11-14(23)9-10-17(15)30-3/h5-12,20H,4H2,1-3H3,(H,27,29)(H,24,25,26). The maximum atomic E-state index is 13.6. The van der Waals surface area contributed by atoms with Crippen LogP contribution in [0.3, 0.4) is 0 Å². The number of ether oxygens (including phenoxy) is 2. The number of hydrogen-bond acceptors (Lipinski definition) is 6. The molecule has 1 aliphatic rings. The number of allylic oxidation sites excluding steroid dienone is 1. The van der Waals surface area contributed by atoms with Gasteiger partial charge in [0.25, 0.3) is 5.91 Å². The molecule has 1 unspecified atom stereocenters. The summed E-state index contributed by atoms with van der Waals surface area (Å²) in [6.45, 7) is 4.24. The summed E-state index contributed by atoms with van der Waals surface area (Å²) >= 11 is 3.53. The average molecular weight is 484 g/mol. The normalized spacial score (nSPS) is 15.2. The number of carbonyl (C=O) groups is 1. The number of hydrogen-bond donors (Lipinski definition) is 2. The molecule has 8 nitrogen and oxygen atoms in total. The van der Waals surface area contributed by atoms with E-state index in [1.807, 2.05) is 56.3 Å². The molecule has 3 aromatic rings. The van der Waals surface area contributed by atoms with E-state index in [9.17, 15) is 4.79 Å². The number of nitrogens with one attached hydrogen (secondary N) is 2. The summed E-state index contributed by atoms with van der Waals surface area (Å²) in [4.78, 5) is 17.8. The third-order valence-electron chi connectivity index (χ3n) is 4.96. The molecule has 0 saturated carbocycles. The molecule has 0 radical (unpaired) electrons. The van der Waals surface area contributed by atoms with E-state index in [0.717, 1.165) is 10.0 Å². The van der Waals surface area contributed by atoms with Gasteiger partial charge in [0, 0.05) is 15.7 Å². The fourth-order valence-corrected chi connectivity index (χ4v) is 4.01. The van der Waals surface area contributed by atoms with Crippen molar-refractivity contribution in [3.63, 3.8) is 0 Å². The minimum Gasteiger partial charge on any atom is -0.496 e. The molecule has 0 bridgehead atoms. The smallest absolute Gasteiger partial charge is 0.255 e. The van der Waals surface area contributed by atoms with Gasteiger partial charge in [0.2, 0.25) is 5.95 Å². The molecule has 160 valence electrons. The molecule has 1 aliphatic heterocycles. The quantitative estimate of drug-likeness (QED) is 0.540. The number of nitrogens with zero attached hydrogens (tertiary/aromatic N) is 3. The number of rotatable bonds is 6. The highest BCUT2D eigenvalue weighted by atomic mass is 79.9. The molecule has 0 fully saturated rings. The molecule has 0 aliphatic carbocycles. The van der Waals surface area contributed by atoms with Crippen LogP contribution in [-0.2, 0) is 4.79 Å². The van der Waals surface area contributed by atoms with Gasteiger partial charge in [0.15, 0.2) is 0 Å². The second-order valence-electron chi connectivity index (χ2n) is 6.86. The van der Waals surface area contributed by atoms with Crippen LogP contribution in [0, 0.1) is 0 Å². The zero-order valence-corrected chi connectivity index (χ0v) is 18.9. The van der Waals surface area contributed by atoms with Crippen molar-refractivity contribution < 1.29 is 14.3 Å². The predicted octanol–water partition coefficient (Wildman–Crippen LogP) is 4.38. The molecule has 1 amide bonds. The summed E-state index contributed by atoms with van der Waals surface area (Å²) in [6, 6.07) is 12.5. The number of benzene rings is 2. The summed E-state index contributed by atoms with van der Waals surface area (Å²) in [5, 5.41) is 10.5. The summed E-state index contributed by atoms with van der Waals surface area (Å²) in [7, 11) is 1.60. The first-order chi connectivity index (χ1) is 15.0. The van der Waals surface area contributed by atoms with Crippen LogP contribution in [0.4, 0.5) is 11.6 Å². The Morgan fingerprint density at radius 2 is 2.06 bits per heavy atom. The number of anilines is 2. The van der Waals surface area contributed by atoms with Gasteiger partial charge in [-0.25, -0.2) is 4.68 Å². The van der Waals surface area contributed by atoms with Gasteiger partial charge >= 0.3 is 0 Å². The number of fused-ring (bicyclic) bond motifs is 1. The molecule has 31 heavy (non-hydrogen) atoms. The van der Waals surface area contributed by atoms with E-state index >= 15 is 0 Å². The van der Waals surface area contributed by atoms with Crippen molar-refractivity contribution in [1.82, 2.24) is 14.8 Å². The molecule has 1 aromatic heterocycles. The van der Waals surface area contributed by atoms with Gasteiger partial charge in [-0.15, -0.1) is 0 Å². The maximum absolute atomic E-state index is 13.6. The SMILES string of the molecule is CCOc1ccccc1NC(=O)C1=C(C)Nc2ncnn2C1c1cc(Br)ccc1OC. The summed E-state index contributed by atoms with van der Waals surface area (Å²) in [5.41, 5.74) is 2.56. The molecular formula is C22H22BrN5O3. The van der Waals surface area contributed by atoms with Crippen LogP contribution in [-0.4, -0.2) is 34.4 Å². The van der Waals surface area contributed by atoms with Gasteiger partial charge in [0.1, 0.15) is 23.9 Å². The van der Waals surface area contributed by atoms with Crippen LogP contribution in [0.1, 0.15) is 25.5 Å². The van der Waals surface area contributed by atoms with E-state index in [1.165, 1.54) is 6.33 Å². The summed E-state index contributed by atoms with van der Waals surface area (Å²) in [5.74, 6) is 1.53. The van der Waals surface area contributed by atoms with Gasteiger partial charge in [0.05, 0.1) is 25.0 Å². The first-order valence-corrected chi connectivity index (χ1v) is 10.6. The Morgan fingerprint density at radius 3 is 2.84 bits per heavy atom. The van der Waals surface area contributed by atoms with Crippen molar-refractivity contribution in [2.75, 3.05) is 24.4 Å². The highest BCUT2D eigenvalue weighted by molar-refractivity contribution is 9.10. The fourth-order valence-electron chi connectivity index (χ4n) is 3.63. The Labute approximate surface area is 188 Å². The summed E-state index contributed by atoms with van der Waals surface area (Å²) < 4.78 is 13.8. The lowest BCUT2D eigenvalue weighted by Crippen LogP contribution is -2.31. The van der Waals surface area contributed by atoms with Gasteiger partial charge in [-0.3, -0.25) is 4.79 Å². The van der Waals surface area contributed by atoms with Crippen molar-refractivity contribution in [2.24, 2.45) is 0 Å². The van der Waals surface area contributed by atoms with E-state index < -0.39 is 6.04 Å². The first kappa shape index (κ1) is 20.9. The molecule has 0 spiro atoms. The van der Waals surface area contributed by atoms with Gasteiger partial charge < -0.3 is 20.1 Å². The van der Waals surface area contributed by atoms with Crippen molar-refractivity contribution in [3.05, 3.63) is 70.1 Å². The lowest BCUT2D eigenvalue weighted by atomic mass is 9.94. The van der Waals surface area contributed by atoms with Crippen molar-refractivity contribution in [2.45, 2.75) is 19.9 Å². The highest BCUT2D eigenvalue weighted by Gasteiger charge is 2.35. The molecule has 4 rings (SSSR count). The Hall–Kier alpha value is -3.33. The van der Waals surface area contributed by atoms with Crippen LogP contribution >= 0.6 is 15.9 Å². The van der Waals surface area contributed by atoms with Gasteiger partial charge in [-0.1, -0.05) is 28.1 Å². The number of carbonyl (C=O) groups excluding carboxylic acids is 1. The molecule has 1 atom stereocenters. The van der Waals surface area contributed by atoms with Crippen LogP contribution in [0.2, 0.25) is 0 Å². The largest absolute Gasteiger partial charge is 0.496 e. The number of amides is 1. The van der Waals surface area contributed by atoms with E-state index in [-0.39, 0.29) is 5.91 Å². The Kier molecular flexibility index (Phi) is 5.94. The Morgan fingerprint density at radius 1 is 1.26 bits per heavy atom. The van der Waals surface area contributed by atoms with E-state index in [2.05, 4.69) is 36.6 Å². The molecule has 9 heteroatoms. The predicted molar refractivity (Wildman–Crippen MR) is 121 cm³/mol. The minimum absolute atomic E-state index is 0.273. The number of para-hydroxylation sites is 2. The minimum atomic E-state index is -0.537. The lowest BCUT2D eigenvalue weighted by Gasteiger charge is -2.29. The maximum Gasteiger partial charge on any atom is 0.255 e. The number of halogens is 1. The molecule has 2 aromatic carbocycles. The van der Waals surface area contributed by atoms with E-state index in [0.29, 0.717) is 41.0 Å². The van der Waals surface area contributed by atoms with E-state index in [4.69, 9.17) is 9.47 Å². The van der Waals surface area contributed by atoms with E-state index in [1.54, 1.807) is 11.8 Å². The zero-order valence-electron chi connectivity index (χ0n) is 17.3. The highest BCUT2D eigenvalue weighted by Crippen LogP contribution is 2.40. The monoisotopic (exact) mass is 483 g/mol. The Balaban J connectivity index is 1.80. The van der Waals surface area contributed by atoms with Crippen LogP contribution in [0.5, 0.6) is 11.5 Å². The van der Waals surface area contributed by atoms with Gasteiger partial charge in [-0.05, 0) is 44.2 Å². The van der Waals surface area contributed by atoms with Crippen molar-refractivity contribution in [1.29, 1.82) is 0 Å². The van der Waals surface area contributed by atoms with Crippen LogP contribution < -0.4 is 20.1 Å². The molecule has 2 heterocycles. The van der Waals surface area contributed by atoms with Crippen molar-refractivity contribution >= 4 is 33.5 Å². The third-order valence-corrected chi connectivity index (χ3v) is 5.45. The van der Waals surface area contributed by atoms with Crippen molar-refractivity contribution in [3.8, 4) is 11.5 Å².